The molecule has 2 aromatic heterocycles. The molecule has 2 aromatic carbocycles. The van der Waals surface area contributed by atoms with Gasteiger partial charge in [0, 0.05) is 59.9 Å². The van der Waals surface area contributed by atoms with Crippen molar-refractivity contribution in [3.8, 4) is 11.3 Å². The molecule has 1 saturated heterocycles. The number of carbonyl (C=O) groups is 1. The van der Waals surface area contributed by atoms with E-state index in [1.165, 1.54) is 12.1 Å². The van der Waals surface area contributed by atoms with E-state index in [1.54, 1.807) is 47.8 Å². The van der Waals surface area contributed by atoms with Gasteiger partial charge in [0.15, 0.2) is 0 Å². The fourth-order valence-corrected chi connectivity index (χ4v) is 4.24. The summed E-state index contributed by atoms with van der Waals surface area (Å²) in [4.78, 5) is 27.5. The minimum atomic E-state index is -4.62. The Morgan fingerprint density at radius 2 is 1.85 bits per heavy atom. The van der Waals surface area contributed by atoms with Crippen molar-refractivity contribution in [1.29, 1.82) is 0 Å². The summed E-state index contributed by atoms with van der Waals surface area (Å²) in [6.45, 7) is 3.27. The summed E-state index contributed by atoms with van der Waals surface area (Å²) >= 11 is 0. The SMILES string of the molecule is Cc1ccc(NC(=O)c2ccc(N3CCOCC3)c(C(F)(F)F)c2)cc1Nc1nccc(-c2cccnc2)n1. The molecule has 1 amide bonds. The van der Waals surface area contributed by atoms with Crippen LogP contribution in [0.25, 0.3) is 11.3 Å². The standard InChI is InChI=1S/C28H25F3N6O2/c1-18-4-6-21(16-24(18)36-27-33-10-8-23(35-27)20-3-2-9-32-17-20)34-26(38)19-5-7-25(22(15-19)28(29,30)31)37-11-13-39-14-12-37/h2-10,15-17H,11-14H2,1H3,(H,34,38)(H,33,35,36). The monoisotopic (exact) mass is 534 g/mol. The number of ether oxygens (including phenoxy) is 1. The number of hydrogen-bond acceptors (Lipinski definition) is 7. The number of aryl methyl sites for hydroxylation is 1. The Bertz CT molecular complexity index is 1470. The van der Waals surface area contributed by atoms with Gasteiger partial charge in [0.05, 0.1) is 24.5 Å². The first-order chi connectivity index (χ1) is 18.8. The number of benzene rings is 2. The summed E-state index contributed by atoms with van der Waals surface area (Å²) in [6.07, 6.45) is 0.382. The number of alkyl halides is 3. The number of hydrogen-bond donors (Lipinski definition) is 2. The molecule has 5 rings (SSSR count). The number of aromatic nitrogens is 3. The molecule has 39 heavy (non-hydrogen) atoms. The average molecular weight is 535 g/mol. The van der Waals surface area contributed by atoms with Crippen molar-refractivity contribution in [2.24, 2.45) is 0 Å². The lowest BCUT2D eigenvalue weighted by molar-refractivity contribution is -0.137. The maximum Gasteiger partial charge on any atom is 0.418 e. The van der Waals surface area contributed by atoms with Gasteiger partial charge in [-0.3, -0.25) is 9.78 Å². The number of carbonyl (C=O) groups excluding carboxylic acids is 1. The Labute approximate surface area is 222 Å². The molecule has 0 spiro atoms. The van der Waals surface area contributed by atoms with Crippen LogP contribution >= 0.6 is 0 Å². The summed E-state index contributed by atoms with van der Waals surface area (Å²) in [5.41, 5.74) is 2.51. The second kappa shape index (κ2) is 11.1. The zero-order valence-electron chi connectivity index (χ0n) is 21.0. The van der Waals surface area contributed by atoms with E-state index in [0.717, 1.165) is 17.2 Å². The molecule has 3 heterocycles. The minimum absolute atomic E-state index is 0.0395. The fourth-order valence-electron chi connectivity index (χ4n) is 4.24. The third-order valence-electron chi connectivity index (χ3n) is 6.27. The second-order valence-corrected chi connectivity index (χ2v) is 8.95. The molecule has 2 N–H and O–H groups in total. The number of pyridine rings is 1. The lowest BCUT2D eigenvalue weighted by Gasteiger charge is -2.31. The molecule has 0 atom stereocenters. The van der Waals surface area contributed by atoms with Crippen LogP contribution in [0.5, 0.6) is 0 Å². The summed E-state index contributed by atoms with van der Waals surface area (Å²) in [6, 6.07) is 14.3. The van der Waals surface area contributed by atoms with Gasteiger partial charge in [0.25, 0.3) is 5.91 Å². The van der Waals surface area contributed by atoms with E-state index in [-0.39, 0.29) is 11.3 Å². The highest BCUT2D eigenvalue weighted by Gasteiger charge is 2.36. The maximum atomic E-state index is 13.9. The van der Waals surface area contributed by atoms with Crippen LogP contribution in [-0.2, 0) is 10.9 Å². The number of nitrogens with one attached hydrogen (secondary N) is 2. The molecular formula is C28H25F3N6O2. The molecular weight excluding hydrogens is 509 g/mol. The minimum Gasteiger partial charge on any atom is -0.378 e. The molecule has 0 bridgehead atoms. The molecule has 8 nitrogen and oxygen atoms in total. The lowest BCUT2D eigenvalue weighted by atomic mass is 10.1. The van der Waals surface area contributed by atoms with E-state index in [1.807, 2.05) is 19.1 Å². The first-order valence-corrected chi connectivity index (χ1v) is 12.2. The lowest BCUT2D eigenvalue weighted by Crippen LogP contribution is -2.37. The van der Waals surface area contributed by atoms with Gasteiger partial charge >= 0.3 is 6.18 Å². The van der Waals surface area contributed by atoms with E-state index in [4.69, 9.17) is 4.74 Å². The highest BCUT2D eigenvalue weighted by molar-refractivity contribution is 6.05. The van der Waals surface area contributed by atoms with Gasteiger partial charge in [-0.05, 0) is 61.0 Å². The van der Waals surface area contributed by atoms with E-state index in [2.05, 4.69) is 25.6 Å². The Morgan fingerprint density at radius 3 is 2.59 bits per heavy atom. The highest BCUT2D eigenvalue weighted by Crippen LogP contribution is 2.38. The van der Waals surface area contributed by atoms with Crippen molar-refractivity contribution in [2.75, 3.05) is 41.8 Å². The van der Waals surface area contributed by atoms with Crippen LogP contribution in [0.15, 0.2) is 73.2 Å². The Balaban J connectivity index is 1.35. The molecule has 0 aliphatic carbocycles. The molecule has 1 aliphatic heterocycles. The largest absolute Gasteiger partial charge is 0.418 e. The number of anilines is 4. The smallest absolute Gasteiger partial charge is 0.378 e. The van der Waals surface area contributed by atoms with Crippen LogP contribution < -0.4 is 15.5 Å². The quantitative estimate of drug-likeness (QED) is 0.328. The highest BCUT2D eigenvalue weighted by atomic mass is 19.4. The third-order valence-corrected chi connectivity index (χ3v) is 6.27. The van der Waals surface area contributed by atoms with Crippen LogP contribution in [0.3, 0.4) is 0 Å². The average Bonchev–Trinajstić information content (AvgIpc) is 2.95. The van der Waals surface area contributed by atoms with E-state index in [0.29, 0.717) is 49.3 Å². The van der Waals surface area contributed by atoms with Crippen molar-refractivity contribution in [3.05, 3.63) is 89.9 Å². The maximum absolute atomic E-state index is 13.9. The van der Waals surface area contributed by atoms with Crippen LogP contribution in [0.1, 0.15) is 21.5 Å². The van der Waals surface area contributed by atoms with Crippen molar-refractivity contribution < 1.29 is 22.7 Å². The van der Waals surface area contributed by atoms with Crippen LogP contribution in [-0.4, -0.2) is 47.2 Å². The zero-order valence-corrected chi connectivity index (χ0v) is 21.0. The predicted octanol–water partition coefficient (Wildman–Crippen LogP) is 5.70. The van der Waals surface area contributed by atoms with Gasteiger partial charge in [-0.1, -0.05) is 6.07 Å². The van der Waals surface area contributed by atoms with Gasteiger partial charge in [0.1, 0.15) is 0 Å². The fraction of sp³-hybridized carbons (Fsp3) is 0.214. The molecule has 1 fully saturated rings. The number of amides is 1. The van der Waals surface area contributed by atoms with Crippen molar-refractivity contribution in [1.82, 2.24) is 15.0 Å². The van der Waals surface area contributed by atoms with Crippen molar-refractivity contribution in [2.45, 2.75) is 13.1 Å². The van der Waals surface area contributed by atoms with Crippen LogP contribution in [0, 0.1) is 6.92 Å². The first kappa shape index (κ1) is 26.1. The van der Waals surface area contributed by atoms with Gasteiger partial charge in [0.2, 0.25) is 5.95 Å². The van der Waals surface area contributed by atoms with Gasteiger partial charge in [-0.25, -0.2) is 9.97 Å². The number of halogens is 3. The van der Waals surface area contributed by atoms with E-state index < -0.39 is 17.6 Å². The van der Waals surface area contributed by atoms with Gasteiger partial charge in [-0.2, -0.15) is 13.2 Å². The molecule has 200 valence electrons. The number of rotatable bonds is 6. The van der Waals surface area contributed by atoms with Crippen molar-refractivity contribution in [3.63, 3.8) is 0 Å². The van der Waals surface area contributed by atoms with Crippen LogP contribution in [0.2, 0.25) is 0 Å². The molecule has 4 aromatic rings. The Morgan fingerprint density at radius 1 is 1.03 bits per heavy atom. The molecule has 11 heteroatoms. The summed E-state index contributed by atoms with van der Waals surface area (Å²) in [7, 11) is 0. The van der Waals surface area contributed by atoms with Gasteiger partial charge < -0.3 is 20.3 Å². The molecule has 0 saturated carbocycles. The van der Waals surface area contributed by atoms with Crippen molar-refractivity contribution >= 4 is 28.9 Å². The number of morpholine rings is 1. The summed E-state index contributed by atoms with van der Waals surface area (Å²) in [5, 5.41) is 5.85. The van der Waals surface area contributed by atoms with Gasteiger partial charge in [-0.15, -0.1) is 0 Å². The Hall–Kier alpha value is -4.51. The normalized spacial score (nSPS) is 13.7. The summed E-state index contributed by atoms with van der Waals surface area (Å²) < 4.78 is 47.0. The van der Waals surface area contributed by atoms with Crippen LogP contribution in [0.4, 0.5) is 36.2 Å². The van der Waals surface area contributed by atoms with E-state index >= 15 is 0 Å². The predicted molar refractivity (Wildman–Crippen MR) is 142 cm³/mol. The third kappa shape index (κ3) is 6.15. The second-order valence-electron chi connectivity index (χ2n) is 8.95. The zero-order chi connectivity index (χ0) is 27.4. The molecule has 1 aliphatic rings. The Kier molecular flexibility index (Phi) is 7.42. The van der Waals surface area contributed by atoms with E-state index in [9.17, 15) is 18.0 Å². The topological polar surface area (TPSA) is 92.3 Å². The number of nitrogens with zero attached hydrogens (tertiary/aromatic N) is 4. The molecule has 0 unspecified atom stereocenters. The molecule has 0 radical (unpaired) electrons. The summed E-state index contributed by atoms with van der Waals surface area (Å²) in [5.74, 6) is -0.310. The first-order valence-electron chi connectivity index (χ1n) is 12.2.